The molecular formula is C16H16F2N2O. The van der Waals surface area contributed by atoms with Gasteiger partial charge in [-0.1, -0.05) is 24.3 Å². The van der Waals surface area contributed by atoms with Crippen molar-refractivity contribution >= 4 is 0 Å². The summed E-state index contributed by atoms with van der Waals surface area (Å²) < 4.78 is 34.1. The molecule has 21 heavy (non-hydrogen) atoms. The van der Waals surface area contributed by atoms with E-state index in [-0.39, 0.29) is 5.56 Å². The Kier molecular flexibility index (Phi) is 3.61. The molecule has 0 saturated heterocycles. The van der Waals surface area contributed by atoms with E-state index in [1.54, 1.807) is 13.0 Å². The predicted octanol–water partition coefficient (Wildman–Crippen LogP) is 2.76. The average Bonchev–Trinajstić information content (AvgIpc) is 2.96. The molecule has 1 heterocycles. The molecule has 3 rings (SSSR count). The maximum absolute atomic E-state index is 14.4. The van der Waals surface area contributed by atoms with Gasteiger partial charge >= 0.3 is 0 Å². The summed E-state index contributed by atoms with van der Waals surface area (Å²) in [6.07, 6.45) is 0.791. The Morgan fingerprint density at radius 3 is 2.81 bits per heavy atom. The fourth-order valence-corrected chi connectivity index (χ4v) is 2.74. The molecule has 5 heteroatoms. The van der Waals surface area contributed by atoms with Gasteiger partial charge in [-0.05, 0) is 24.1 Å². The Hall–Kier alpha value is -1.98. The van der Waals surface area contributed by atoms with Gasteiger partial charge in [-0.25, -0.2) is 14.2 Å². The van der Waals surface area contributed by atoms with E-state index in [1.807, 2.05) is 12.1 Å². The zero-order valence-corrected chi connectivity index (χ0v) is 11.6. The summed E-state index contributed by atoms with van der Waals surface area (Å²) in [5, 5.41) is 0. The number of fused-ring (bicyclic) bond motifs is 1. The molecular weight excluding hydrogens is 274 g/mol. The Morgan fingerprint density at radius 2 is 2.05 bits per heavy atom. The van der Waals surface area contributed by atoms with Gasteiger partial charge in [0, 0.05) is 17.5 Å². The summed E-state index contributed by atoms with van der Waals surface area (Å²) in [5.74, 6) is 5.03. The lowest BCUT2D eigenvalue weighted by molar-refractivity contribution is 0.349. The Labute approximate surface area is 121 Å². The standard InChI is InChI=1S/C16H16F2N2O/c1-9-5-6-12(17)13(14(9)18)15(20-19)11-4-2-3-10-7-8-21-16(10)11/h2-6,15,20H,7-8,19H2,1H3. The summed E-state index contributed by atoms with van der Waals surface area (Å²) in [6.45, 7) is 2.17. The molecule has 0 aliphatic carbocycles. The highest BCUT2D eigenvalue weighted by molar-refractivity contribution is 5.49. The van der Waals surface area contributed by atoms with Crippen LogP contribution in [0.4, 0.5) is 8.78 Å². The Morgan fingerprint density at radius 1 is 1.24 bits per heavy atom. The van der Waals surface area contributed by atoms with E-state index in [0.717, 1.165) is 12.0 Å². The smallest absolute Gasteiger partial charge is 0.134 e. The second-order valence-corrected chi connectivity index (χ2v) is 5.13. The summed E-state index contributed by atoms with van der Waals surface area (Å²) in [6, 6.07) is 7.44. The van der Waals surface area contributed by atoms with Crippen molar-refractivity contribution in [2.24, 2.45) is 5.84 Å². The molecule has 2 aromatic rings. The lowest BCUT2D eigenvalue weighted by Crippen LogP contribution is -2.30. The van der Waals surface area contributed by atoms with E-state index in [4.69, 9.17) is 10.6 Å². The average molecular weight is 290 g/mol. The highest BCUT2D eigenvalue weighted by Crippen LogP contribution is 2.37. The molecule has 0 radical (unpaired) electrons. The van der Waals surface area contributed by atoms with Crippen LogP contribution < -0.4 is 16.0 Å². The number of halogens is 2. The van der Waals surface area contributed by atoms with Crippen molar-refractivity contribution in [1.82, 2.24) is 5.43 Å². The first-order chi connectivity index (χ1) is 10.1. The van der Waals surface area contributed by atoms with Gasteiger partial charge in [0.1, 0.15) is 17.4 Å². The topological polar surface area (TPSA) is 47.3 Å². The minimum Gasteiger partial charge on any atom is -0.493 e. The van der Waals surface area contributed by atoms with Crippen LogP contribution in [0.25, 0.3) is 0 Å². The van der Waals surface area contributed by atoms with Crippen molar-refractivity contribution in [3.8, 4) is 5.75 Å². The maximum atomic E-state index is 14.4. The third kappa shape index (κ3) is 2.28. The quantitative estimate of drug-likeness (QED) is 0.675. The van der Waals surface area contributed by atoms with Crippen LogP contribution in [0.1, 0.15) is 28.3 Å². The van der Waals surface area contributed by atoms with Crippen LogP contribution in [0, 0.1) is 18.6 Å². The van der Waals surface area contributed by atoms with Gasteiger partial charge in [-0.15, -0.1) is 0 Å². The first-order valence-corrected chi connectivity index (χ1v) is 6.78. The van der Waals surface area contributed by atoms with Gasteiger partial charge in [0.25, 0.3) is 0 Å². The van der Waals surface area contributed by atoms with Crippen LogP contribution in [0.5, 0.6) is 5.75 Å². The van der Waals surface area contributed by atoms with Crippen molar-refractivity contribution in [3.05, 3.63) is 64.2 Å². The van der Waals surface area contributed by atoms with Gasteiger partial charge in [0.05, 0.1) is 12.6 Å². The maximum Gasteiger partial charge on any atom is 0.134 e. The van der Waals surface area contributed by atoms with Crippen LogP contribution in [0.15, 0.2) is 30.3 Å². The number of nitrogens with one attached hydrogen (secondary N) is 1. The van der Waals surface area contributed by atoms with Crippen LogP contribution in [-0.4, -0.2) is 6.61 Å². The van der Waals surface area contributed by atoms with E-state index in [1.165, 1.54) is 12.1 Å². The van der Waals surface area contributed by atoms with Gasteiger partial charge in [-0.3, -0.25) is 5.84 Å². The fraction of sp³-hybridized carbons (Fsp3) is 0.250. The minimum atomic E-state index is -0.794. The van der Waals surface area contributed by atoms with E-state index in [2.05, 4.69) is 5.43 Å². The van der Waals surface area contributed by atoms with E-state index in [9.17, 15) is 8.78 Å². The molecule has 0 saturated carbocycles. The van der Waals surface area contributed by atoms with Gasteiger partial charge in [-0.2, -0.15) is 0 Å². The SMILES string of the molecule is Cc1ccc(F)c(C(NN)c2cccc3c2OCC3)c1F. The molecule has 1 atom stereocenters. The van der Waals surface area contributed by atoms with Crippen molar-refractivity contribution in [3.63, 3.8) is 0 Å². The van der Waals surface area contributed by atoms with E-state index < -0.39 is 17.7 Å². The highest BCUT2D eigenvalue weighted by atomic mass is 19.1. The highest BCUT2D eigenvalue weighted by Gasteiger charge is 2.27. The third-order valence-electron chi connectivity index (χ3n) is 3.83. The monoisotopic (exact) mass is 290 g/mol. The largest absolute Gasteiger partial charge is 0.493 e. The summed E-state index contributed by atoms with van der Waals surface area (Å²) in [5.41, 5.74) is 4.48. The predicted molar refractivity (Wildman–Crippen MR) is 75.9 cm³/mol. The number of para-hydroxylation sites is 1. The number of hydrogen-bond donors (Lipinski definition) is 2. The van der Waals surface area contributed by atoms with Gasteiger partial charge in [0.2, 0.25) is 0 Å². The molecule has 2 aromatic carbocycles. The Bertz CT molecular complexity index is 688. The molecule has 3 nitrogen and oxygen atoms in total. The number of hydrazine groups is 1. The lowest BCUT2D eigenvalue weighted by atomic mass is 9.94. The number of ether oxygens (including phenoxy) is 1. The number of benzene rings is 2. The van der Waals surface area contributed by atoms with Gasteiger partial charge in [0.15, 0.2) is 0 Å². The molecule has 1 aliphatic heterocycles. The number of hydrogen-bond acceptors (Lipinski definition) is 3. The van der Waals surface area contributed by atoms with Crippen molar-refractivity contribution in [1.29, 1.82) is 0 Å². The van der Waals surface area contributed by atoms with E-state index in [0.29, 0.717) is 23.5 Å². The lowest BCUT2D eigenvalue weighted by Gasteiger charge is -2.21. The molecule has 3 N–H and O–H groups in total. The summed E-state index contributed by atoms with van der Waals surface area (Å²) >= 11 is 0. The zero-order valence-electron chi connectivity index (χ0n) is 11.6. The zero-order chi connectivity index (χ0) is 15.0. The van der Waals surface area contributed by atoms with Crippen LogP contribution in [0.2, 0.25) is 0 Å². The second-order valence-electron chi connectivity index (χ2n) is 5.13. The molecule has 0 fully saturated rings. The summed E-state index contributed by atoms with van der Waals surface area (Å²) in [7, 11) is 0. The minimum absolute atomic E-state index is 0.0820. The van der Waals surface area contributed by atoms with Crippen LogP contribution >= 0.6 is 0 Å². The number of aryl methyl sites for hydroxylation is 1. The van der Waals surface area contributed by atoms with Gasteiger partial charge < -0.3 is 4.74 Å². The van der Waals surface area contributed by atoms with Crippen molar-refractivity contribution in [2.45, 2.75) is 19.4 Å². The number of rotatable bonds is 3. The second kappa shape index (κ2) is 5.42. The molecule has 110 valence electrons. The van der Waals surface area contributed by atoms with Crippen LogP contribution in [-0.2, 0) is 6.42 Å². The van der Waals surface area contributed by atoms with E-state index >= 15 is 0 Å². The first-order valence-electron chi connectivity index (χ1n) is 6.78. The van der Waals surface area contributed by atoms with Crippen molar-refractivity contribution in [2.75, 3.05) is 6.61 Å². The first kappa shape index (κ1) is 14.0. The third-order valence-corrected chi connectivity index (χ3v) is 3.83. The molecule has 1 aliphatic rings. The molecule has 0 amide bonds. The molecule has 0 bridgehead atoms. The summed E-state index contributed by atoms with van der Waals surface area (Å²) in [4.78, 5) is 0. The fourth-order valence-electron chi connectivity index (χ4n) is 2.74. The normalized spacial score (nSPS) is 14.7. The molecule has 0 spiro atoms. The molecule has 0 aromatic heterocycles. The Balaban J connectivity index is 2.17. The molecule has 1 unspecified atom stereocenters. The van der Waals surface area contributed by atoms with Crippen LogP contribution in [0.3, 0.4) is 0 Å². The van der Waals surface area contributed by atoms with Crippen molar-refractivity contribution < 1.29 is 13.5 Å². The number of nitrogens with two attached hydrogens (primary N) is 1.